The number of anilines is 1. The van der Waals surface area contributed by atoms with E-state index in [2.05, 4.69) is 10.3 Å². The van der Waals surface area contributed by atoms with E-state index in [-0.39, 0.29) is 17.2 Å². The van der Waals surface area contributed by atoms with Crippen LogP contribution in [0.25, 0.3) is 10.9 Å². The highest BCUT2D eigenvalue weighted by Crippen LogP contribution is 2.31. The summed E-state index contributed by atoms with van der Waals surface area (Å²) in [6.07, 6.45) is 0.638. The van der Waals surface area contributed by atoms with E-state index in [4.69, 9.17) is 9.47 Å². The van der Waals surface area contributed by atoms with Crippen LogP contribution in [0, 0.1) is 12.8 Å². The molecule has 3 rings (SSSR count). The molecule has 3 N–H and O–H groups in total. The first-order chi connectivity index (χ1) is 16.5. The molecule has 0 spiro atoms. The van der Waals surface area contributed by atoms with E-state index in [1.165, 1.54) is 26.4 Å². The standard InChI is InChI=1S/C26H31N3O6/c1-14(2)9-16(4)29(33)26(32)17-8-7-15(3)20(11-17)27-24(30)19-10-18-12-22(34-5)23(35-6)13-21(18)28-25(19)31/h7-8,10-14,16,33H,9H2,1-6H3,(H,27,30)(H,28,31)/t16-/m0/s1. The smallest absolute Gasteiger partial charge is 0.277 e. The van der Waals surface area contributed by atoms with Crippen LogP contribution in [-0.2, 0) is 0 Å². The van der Waals surface area contributed by atoms with Crippen LogP contribution < -0.4 is 20.3 Å². The number of carbonyl (C=O) groups excluding carboxylic acids is 2. The van der Waals surface area contributed by atoms with Crippen LogP contribution >= 0.6 is 0 Å². The number of rotatable bonds is 8. The first-order valence-corrected chi connectivity index (χ1v) is 11.3. The molecule has 0 aliphatic rings. The first-order valence-electron chi connectivity index (χ1n) is 11.3. The molecular formula is C26H31N3O6. The van der Waals surface area contributed by atoms with Crippen molar-refractivity contribution in [2.45, 2.75) is 40.2 Å². The van der Waals surface area contributed by atoms with Gasteiger partial charge in [0.2, 0.25) is 0 Å². The molecule has 0 radical (unpaired) electrons. The molecule has 9 nitrogen and oxygen atoms in total. The Kier molecular flexibility index (Phi) is 7.81. The summed E-state index contributed by atoms with van der Waals surface area (Å²) in [6, 6.07) is 9.14. The van der Waals surface area contributed by atoms with Gasteiger partial charge in [0, 0.05) is 22.7 Å². The van der Waals surface area contributed by atoms with Crippen LogP contribution in [0.2, 0.25) is 0 Å². The normalized spacial score (nSPS) is 11.9. The summed E-state index contributed by atoms with van der Waals surface area (Å²) in [6.45, 7) is 7.56. The number of methoxy groups -OCH3 is 2. The van der Waals surface area contributed by atoms with Crippen molar-refractivity contribution in [2.75, 3.05) is 19.5 Å². The Morgan fingerprint density at radius 3 is 2.34 bits per heavy atom. The molecule has 2 amide bonds. The number of fused-ring (bicyclic) bond motifs is 1. The van der Waals surface area contributed by atoms with E-state index >= 15 is 0 Å². The molecule has 1 atom stereocenters. The van der Waals surface area contributed by atoms with Crippen molar-refractivity contribution >= 4 is 28.4 Å². The zero-order chi connectivity index (χ0) is 25.9. The molecule has 0 aliphatic carbocycles. The molecule has 0 bridgehead atoms. The number of hydrogen-bond acceptors (Lipinski definition) is 6. The summed E-state index contributed by atoms with van der Waals surface area (Å²) < 4.78 is 10.6. The summed E-state index contributed by atoms with van der Waals surface area (Å²) >= 11 is 0. The van der Waals surface area contributed by atoms with E-state index < -0.39 is 17.4 Å². The van der Waals surface area contributed by atoms with Gasteiger partial charge in [0.1, 0.15) is 5.56 Å². The quantitative estimate of drug-likeness (QED) is 0.324. The molecule has 0 fully saturated rings. The summed E-state index contributed by atoms with van der Waals surface area (Å²) in [5.41, 5.74) is 1.09. The van der Waals surface area contributed by atoms with Gasteiger partial charge in [0.05, 0.1) is 25.8 Å². The molecule has 1 heterocycles. The van der Waals surface area contributed by atoms with E-state index in [9.17, 15) is 19.6 Å². The molecule has 2 aromatic carbocycles. The van der Waals surface area contributed by atoms with Gasteiger partial charge >= 0.3 is 0 Å². The maximum absolute atomic E-state index is 13.0. The lowest BCUT2D eigenvalue weighted by molar-refractivity contribution is -0.0880. The maximum atomic E-state index is 13.0. The number of nitrogens with zero attached hydrogens (tertiary/aromatic N) is 1. The molecular weight excluding hydrogens is 450 g/mol. The van der Waals surface area contributed by atoms with Crippen molar-refractivity contribution in [1.29, 1.82) is 0 Å². The zero-order valence-corrected chi connectivity index (χ0v) is 20.8. The fourth-order valence-electron chi connectivity index (χ4n) is 3.90. The SMILES string of the molecule is COc1cc2cc(C(=O)Nc3cc(C(=O)N(O)[C@@H](C)CC(C)C)ccc3C)c(=O)[nH]c2cc1OC. The number of aromatic nitrogens is 1. The fourth-order valence-corrected chi connectivity index (χ4v) is 3.90. The number of hydroxylamine groups is 2. The highest BCUT2D eigenvalue weighted by Gasteiger charge is 2.22. The van der Waals surface area contributed by atoms with Crippen LogP contribution in [0.5, 0.6) is 11.5 Å². The average Bonchev–Trinajstić information content (AvgIpc) is 2.82. The summed E-state index contributed by atoms with van der Waals surface area (Å²) in [7, 11) is 2.99. The predicted octanol–water partition coefficient (Wildman–Crippen LogP) is 4.37. The third-order valence-electron chi connectivity index (χ3n) is 5.76. The zero-order valence-electron chi connectivity index (χ0n) is 20.8. The van der Waals surface area contributed by atoms with Gasteiger partial charge in [-0.05, 0) is 56.0 Å². The third kappa shape index (κ3) is 5.63. The van der Waals surface area contributed by atoms with Crippen molar-refractivity contribution in [3.63, 3.8) is 0 Å². The topological polar surface area (TPSA) is 121 Å². The molecule has 0 saturated heterocycles. The van der Waals surface area contributed by atoms with Crippen LogP contribution in [0.3, 0.4) is 0 Å². The van der Waals surface area contributed by atoms with E-state index in [0.717, 1.165) is 0 Å². The highest BCUT2D eigenvalue weighted by atomic mass is 16.5. The second-order valence-electron chi connectivity index (χ2n) is 8.92. The minimum Gasteiger partial charge on any atom is -0.493 e. The van der Waals surface area contributed by atoms with Gasteiger partial charge in [-0.2, -0.15) is 0 Å². The number of benzene rings is 2. The lowest BCUT2D eigenvalue weighted by atomic mass is 10.0. The Morgan fingerprint density at radius 1 is 1.06 bits per heavy atom. The number of hydrogen-bond donors (Lipinski definition) is 3. The van der Waals surface area contributed by atoms with Gasteiger partial charge in [-0.25, -0.2) is 5.06 Å². The minimum atomic E-state index is -0.635. The number of aromatic amines is 1. The monoisotopic (exact) mass is 481 g/mol. The van der Waals surface area contributed by atoms with Gasteiger partial charge in [-0.1, -0.05) is 19.9 Å². The third-order valence-corrected chi connectivity index (χ3v) is 5.76. The lowest BCUT2D eigenvalue weighted by Gasteiger charge is -2.24. The number of ether oxygens (including phenoxy) is 2. The van der Waals surface area contributed by atoms with Crippen molar-refractivity contribution in [3.8, 4) is 11.5 Å². The van der Waals surface area contributed by atoms with E-state index in [1.807, 2.05) is 13.8 Å². The lowest BCUT2D eigenvalue weighted by Crippen LogP contribution is -2.36. The molecule has 3 aromatic rings. The average molecular weight is 482 g/mol. The highest BCUT2D eigenvalue weighted by molar-refractivity contribution is 6.07. The summed E-state index contributed by atoms with van der Waals surface area (Å²) in [5, 5.41) is 14.4. The van der Waals surface area contributed by atoms with Crippen molar-refractivity contribution < 1.29 is 24.3 Å². The molecule has 0 saturated carbocycles. The Labute approximate surface area is 203 Å². The van der Waals surface area contributed by atoms with E-state index in [0.29, 0.717) is 51.1 Å². The number of pyridine rings is 1. The molecule has 35 heavy (non-hydrogen) atoms. The first kappa shape index (κ1) is 25.8. The largest absolute Gasteiger partial charge is 0.493 e. The van der Waals surface area contributed by atoms with Gasteiger partial charge < -0.3 is 19.8 Å². The van der Waals surface area contributed by atoms with Crippen LogP contribution in [0.1, 0.15) is 53.5 Å². The second-order valence-corrected chi connectivity index (χ2v) is 8.92. The van der Waals surface area contributed by atoms with Crippen molar-refractivity contribution in [2.24, 2.45) is 5.92 Å². The Morgan fingerprint density at radius 2 is 1.71 bits per heavy atom. The van der Waals surface area contributed by atoms with Crippen molar-refractivity contribution in [3.05, 3.63) is 63.4 Å². The molecule has 1 aromatic heterocycles. The fraction of sp³-hybridized carbons (Fsp3) is 0.346. The van der Waals surface area contributed by atoms with E-state index in [1.54, 1.807) is 38.1 Å². The minimum absolute atomic E-state index is 0.102. The Balaban J connectivity index is 1.90. The number of amides is 2. The van der Waals surface area contributed by atoms with Gasteiger partial charge in [0.25, 0.3) is 17.4 Å². The van der Waals surface area contributed by atoms with Crippen LogP contribution in [0.15, 0.2) is 41.2 Å². The molecule has 0 aliphatic heterocycles. The van der Waals surface area contributed by atoms with Gasteiger partial charge in [-0.15, -0.1) is 0 Å². The predicted molar refractivity (Wildman–Crippen MR) is 134 cm³/mol. The van der Waals surface area contributed by atoms with Crippen molar-refractivity contribution in [1.82, 2.24) is 10.0 Å². The maximum Gasteiger partial charge on any atom is 0.277 e. The Hall–Kier alpha value is -3.85. The Bertz CT molecular complexity index is 1310. The van der Waals surface area contributed by atoms with Gasteiger partial charge in [0.15, 0.2) is 11.5 Å². The molecule has 186 valence electrons. The summed E-state index contributed by atoms with van der Waals surface area (Å²) in [5.74, 6) is 0.00985. The second kappa shape index (κ2) is 10.6. The number of H-pyrrole nitrogens is 1. The van der Waals surface area contributed by atoms with Crippen LogP contribution in [-0.4, -0.2) is 47.3 Å². The number of nitrogens with one attached hydrogen (secondary N) is 2. The number of carbonyl (C=O) groups is 2. The number of aryl methyl sites for hydroxylation is 1. The summed E-state index contributed by atoms with van der Waals surface area (Å²) in [4.78, 5) is 41.1. The molecule has 9 heteroatoms. The molecule has 0 unspecified atom stereocenters. The van der Waals surface area contributed by atoms with Crippen LogP contribution in [0.4, 0.5) is 5.69 Å². The van der Waals surface area contributed by atoms with Gasteiger partial charge in [-0.3, -0.25) is 19.6 Å².